The standard InChI is InChI=1S/C19H25N7O2S/c1-13(16(27)24-18-23-14-5-2-3-6-15(14)29-18)22-19(28)26-11-9-25(10-12-26)17-20-7-4-8-21-17/h4,7-8,13H,2-3,5-6,9-12H2,1H3,(H,22,28)(H,23,24,27). The lowest BCUT2D eigenvalue weighted by Crippen LogP contribution is -2.55. The zero-order chi connectivity index (χ0) is 20.2. The van der Waals surface area contributed by atoms with Crippen molar-refractivity contribution in [2.24, 2.45) is 0 Å². The fourth-order valence-electron chi connectivity index (χ4n) is 3.53. The molecule has 2 aliphatic rings. The Morgan fingerprint density at radius 2 is 1.83 bits per heavy atom. The second-order valence-electron chi connectivity index (χ2n) is 7.28. The van der Waals surface area contributed by atoms with Crippen molar-refractivity contribution in [3.05, 3.63) is 29.0 Å². The van der Waals surface area contributed by atoms with Crippen LogP contribution in [-0.2, 0) is 17.6 Å². The molecule has 1 unspecified atom stereocenters. The first-order valence-corrected chi connectivity index (χ1v) is 10.8. The van der Waals surface area contributed by atoms with Crippen LogP contribution in [0.4, 0.5) is 15.9 Å². The van der Waals surface area contributed by atoms with Crippen molar-refractivity contribution in [1.29, 1.82) is 0 Å². The molecular weight excluding hydrogens is 390 g/mol. The van der Waals surface area contributed by atoms with Gasteiger partial charge in [-0.2, -0.15) is 0 Å². The van der Waals surface area contributed by atoms with Gasteiger partial charge >= 0.3 is 6.03 Å². The Balaban J connectivity index is 1.26. The van der Waals surface area contributed by atoms with Crippen LogP contribution >= 0.6 is 11.3 Å². The average Bonchev–Trinajstić information content (AvgIpc) is 3.16. The molecule has 1 aliphatic heterocycles. The van der Waals surface area contributed by atoms with Crippen LogP contribution < -0.4 is 15.5 Å². The quantitative estimate of drug-likeness (QED) is 0.787. The van der Waals surface area contributed by atoms with Gasteiger partial charge in [0.2, 0.25) is 11.9 Å². The normalized spacial score (nSPS) is 17.4. The van der Waals surface area contributed by atoms with E-state index in [-0.39, 0.29) is 11.9 Å². The molecule has 0 bridgehead atoms. The van der Waals surface area contributed by atoms with Crippen molar-refractivity contribution in [2.75, 3.05) is 36.4 Å². The number of anilines is 2. The molecule has 0 spiro atoms. The number of aryl methyl sites for hydroxylation is 2. The van der Waals surface area contributed by atoms with Gasteiger partial charge in [-0.15, -0.1) is 11.3 Å². The lowest BCUT2D eigenvalue weighted by atomic mass is 10.0. The van der Waals surface area contributed by atoms with Gasteiger partial charge in [0.05, 0.1) is 5.69 Å². The highest BCUT2D eigenvalue weighted by molar-refractivity contribution is 7.15. The van der Waals surface area contributed by atoms with E-state index in [2.05, 4.69) is 25.6 Å². The van der Waals surface area contributed by atoms with Gasteiger partial charge in [0, 0.05) is 43.4 Å². The van der Waals surface area contributed by atoms with Gasteiger partial charge in [0.25, 0.3) is 0 Å². The van der Waals surface area contributed by atoms with Crippen LogP contribution in [0, 0.1) is 0 Å². The Kier molecular flexibility index (Phi) is 5.89. The molecule has 1 aliphatic carbocycles. The maximum Gasteiger partial charge on any atom is 0.318 e. The Hall–Kier alpha value is -2.75. The van der Waals surface area contributed by atoms with Gasteiger partial charge in [0.1, 0.15) is 6.04 Å². The Labute approximate surface area is 173 Å². The number of amides is 3. The minimum atomic E-state index is -0.640. The number of fused-ring (bicyclic) bond motifs is 1. The minimum Gasteiger partial charge on any atom is -0.337 e. The Morgan fingerprint density at radius 3 is 2.55 bits per heavy atom. The molecule has 0 saturated carbocycles. The SMILES string of the molecule is CC(NC(=O)N1CCN(c2ncccn2)CC1)C(=O)Nc1nc2c(s1)CCCC2. The van der Waals surface area contributed by atoms with Crippen LogP contribution in [0.5, 0.6) is 0 Å². The van der Waals surface area contributed by atoms with Crippen molar-refractivity contribution in [1.82, 2.24) is 25.2 Å². The number of aromatic nitrogens is 3. The van der Waals surface area contributed by atoms with E-state index < -0.39 is 6.04 Å². The number of urea groups is 1. The van der Waals surface area contributed by atoms with Crippen molar-refractivity contribution < 1.29 is 9.59 Å². The zero-order valence-electron chi connectivity index (χ0n) is 16.4. The van der Waals surface area contributed by atoms with Gasteiger partial charge in [0.15, 0.2) is 5.13 Å². The van der Waals surface area contributed by atoms with Crippen molar-refractivity contribution in [2.45, 2.75) is 38.6 Å². The predicted octanol–water partition coefficient (Wildman–Crippen LogP) is 1.67. The highest BCUT2D eigenvalue weighted by atomic mass is 32.1. The number of carbonyl (C=O) groups excluding carboxylic acids is 2. The Morgan fingerprint density at radius 1 is 1.10 bits per heavy atom. The number of nitrogens with zero attached hydrogens (tertiary/aromatic N) is 5. The Bertz CT molecular complexity index is 841. The van der Waals surface area contributed by atoms with E-state index >= 15 is 0 Å². The van der Waals surface area contributed by atoms with Crippen molar-refractivity contribution in [3.8, 4) is 0 Å². The summed E-state index contributed by atoms with van der Waals surface area (Å²) in [5.41, 5.74) is 1.11. The van der Waals surface area contributed by atoms with E-state index in [0.717, 1.165) is 25.0 Å². The van der Waals surface area contributed by atoms with Crippen LogP contribution in [0.3, 0.4) is 0 Å². The van der Waals surface area contributed by atoms with E-state index in [1.54, 1.807) is 41.6 Å². The van der Waals surface area contributed by atoms with Crippen molar-refractivity contribution >= 4 is 34.4 Å². The summed E-state index contributed by atoms with van der Waals surface area (Å²) in [5.74, 6) is 0.423. The summed E-state index contributed by atoms with van der Waals surface area (Å²) in [6, 6.07) is 0.902. The molecule has 0 radical (unpaired) electrons. The number of nitrogens with one attached hydrogen (secondary N) is 2. The first kappa shape index (κ1) is 19.6. The van der Waals surface area contributed by atoms with E-state index in [4.69, 9.17) is 0 Å². The average molecular weight is 416 g/mol. The summed E-state index contributed by atoms with van der Waals surface area (Å²) in [5, 5.41) is 6.26. The van der Waals surface area contributed by atoms with E-state index in [1.807, 2.05) is 4.90 Å². The van der Waals surface area contributed by atoms with E-state index in [1.165, 1.54) is 11.3 Å². The third kappa shape index (κ3) is 4.64. The van der Waals surface area contributed by atoms with Crippen LogP contribution in [0.1, 0.15) is 30.3 Å². The predicted molar refractivity (Wildman–Crippen MR) is 111 cm³/mol. The molecule has 3 amide bonds. The zero-order valence-corrected chi connectivity index (χ0v) is 17.2. The molecule has 4 rings (SSSR count). The smallest absolute Gasteiger partial charge is 0.318 e. The highest BCUT2D eigenvalue weighted by Crippen LogP contribution is 2.29. The van der Waals surface area contributed by atoms with E-state index in [0.29, 0.717) is 37.3 Å². The summed E-state index contributed by atoms with van der Waals surface area (Å²) in [6.07, 6.45) is 7.77. The number of hydrogen-bond acceptors (Lipinski definition) is 7. The molecular formula is C19H25N7O2S. The van der Waals surface area contributed by atoms with Crippen LogP contribution in [0.2, 0.25) is 0 Å². The molecule has 1 fully saturated rings. The minimum absolute atomic E-state index is 0.236. The molecule has 1 saturated heterocycles. The van der Waals surface area contributed by atoms with Crippen LogP contribution in [-0.4, -0.2) is 64.0 Å². The molecule has 29 heavy (non-hydrogen) atoms. The summed E-state index contributed by atoms with van der Waals surface area (Å²) in [6.45, 7) is 4.11. The van der Waals surface area contributed by atoms with Crippen LogP contribution in [0.15, 0.2) is 18.5 Å². The molecule has 0 aromatic carbocycles. The second-order valence-corrected chi connectivity index (χ2v) is 8.36. The molecule has 154 valence electrons. The molecule has 1 atom stereocenters. The number of carbonyl (C=O) groups is 2. The topological polar surface area (TPSA) is 103 Å². The number of hydrogen-bond donors (Lipinski definition) is 2. The summed E-state index contributed by atoms with van der Waals surface area (Å²) < 4.78 is 0. The third-order valence-corrected chi connectivity index (χ3v) is 6.28. The molecule has 2 aromatic heterocycles. The summed E-state index contributed by atoms with van der Waals surface area (Å²) >= 11 is 1.54. The third-order valence-electron chi connectivity index (χ3n) is 5.21. The first-order valence-electron chi connectivity index (χ1n) is 9.97. The maximum absolute atomic E-state index is 12.5. The van der Waals surface area contributed by atoms with Gasteiger partial charge in [-0.1, -0.05) is 0 Å². The molecule has 9 nitrogen and oxygen atoms in total. The molecule has 2 aromatic rings. The summed E-state index contributed by atoms with van der Waals surface area (Å²) in [4.78, 5) is 43.1. The van der Waals surface area contributed by atoms with Crippen molar-refractivity contribution in [3.63, 3.8) is 0 Å². The maximum atomic E-state index is 12.5. The number of rotatable bonds is 4. The number of piperazine rings is 1. The number of thiazole rings is 1. The molecule has 3 heterocycles. The molecule has 2 N–H and O–H groups in total. The fourth-order valence-corrected chi connectivity index (χ4v) is 4.58. The largest absolute Gasteiger partial charge is 0.337 e. The first-order chi connectivity index (χ1) is 14.1. The van der Waals surface area contributed by atoms with Gasteiger partial charge in [-0.3, -0.25) is 4.79 Å². The fraction of sp³-hybridized carbons (Fsp3) is 0.526. The van der Waals surface area contributed by atoms with Crippen LogP contribution in [0.25, 0.3) is 0 Å². The highest BCUT2D eigenvalue weighted by Gasteiger charge is 2.25. The van der Waals surface area contributed by atoms with Gasteiger partial charge in [-0.25, -0.2) is 19.7 Å². The summed E-state index contributed by atoms with van der Waals surface area (Å²) in [7, 11) is 0. The van der Waals surface area contributed by atoms with Gasteiger partial charge < -0.3 is 20.4 Å². The second kappa shape index (κ2) is 8.73. The lowest BCUT2D eigenvalue weighted by Gasteiger charge is -2.35. The lowest BCUT2D eigenvalue weighted by molar-refractivity contribution is -0.117. The van der Waals surface area contributed by atoms with Gasteiger partial charge in [-0.05, 0) is 38.7 Å². The van der Waals surface area contributed by atoms with E-state index in [9.17, 15) is 9.59 Å². The molecule has 10 heteroatoms. The monoisotopic (exact) mass is 415 g/mol.